The number of hydrogen-bond donors (Lipinski definition) is 1. The Morgan fingerprint density at radius 1 is 1.23 bits per heavy atom. The van der Waals surface area contributed by atoms with Crippen molar-refractivity contribution in [3.05, 3.63) is 41.4 Å². The van der Waals surface area contributed by atoms with Crippen LogP contribution in [0, 0.1) is 0 Å². The average Bonchev–Trinajstić information content (AvgIpc) is 3.11. The number of nitrogens with one attached hydrogen (secondary N) is 1. The molecule has 9 heteroatoms. The van der Waals surface area contributed by atoms with Crippen molar-refractivity contribution < 1.29 is 17.9 Å². The number of sulfonamides is 1. The third kappa shape index (κ3) is 5.10. The maximum absolute atomic E-state index is 12.2. The van der Waals surface area contributed by atoms with E-state index < -0.39 is 10.0 Å². The van der Waals surface area contributed by atoms with Gasteiger partial charge in [0.1, 0.15) is 5.01 Å². The number of ether oxygens (including phenoxy) is 1. The Bertz CT molecular complexity index is 831. The molecular formula is C17H21N3O4S2. The van der Waals surface area contributed by atoms with Gasteiger partial charge in [-0.25, -0.2) is 13.4 Å². The summed E-state index contributed by atoms with van der Waals surface area (Å²) in [6.45, 7) is 1.67. The van der Waals surface area contributed by atoms with E-state index in [1.807, 2.05) is 35.7 Å². The van der Waals surface area contributed by atoms with Crippen LogP contribution < -0.4 is 5.32 Å². The Morgan fingerprint density at radius 2 is 1.96 bits per heavy atom. The molecular weight excluding hydrogens is 374 g/mol. The normalized spacial score (nSPS) is 15.7. The first-order valence-electron chi connectivity index (χ1n) is 8.37. The maximum Gasteiger partial charge on any atom is 0.226 e. The first-order chi connectivity index (χ1) is 12.5. The average molecular weight is 396 g/mol. The number of aromatic nitrogens is 1. The summed E-state index contributed by atoms with van der Waals surface area (Å²) in [5.74, 6) is -0.336. The molecule has 26 heavy (non-hydrogen) atoms. The number of hydrogen-bond acceptors (Lipinski definition) is 6. The van der Waals surface area contributed by atoms with Crippen LogP contribution in [0.5, 0.6) is 0 Å². The van der Waals surface area contributed by atoms with Crippen LogP contribution in [0.3, 0.4) is 0 Å². The minimum absolute atomic E-state index is 0.0915. The van der Waals surface area contributed by atoms with E-state index in [-0.39, 0.29) is 24.6 Å². The van der Waals surface area contributed by atoms with E-state index in [4.69, 9.17) is 4.74 Å². The van der Waals surface area contributed by atoms with E-state index in [0.717, 1.165) is 10.6 Å². The van der Waals surface area contributed by atoms with Gasteiger partial charge < -0.3 is 10.1 Å². The highest BCUT2D eigenvalue weighted by Crippen LogP contribution is 2.23. The third-order valence-electron chi connectivity index (χ3n) is 3.96. The van der Waals surface area contributed by atoms with Crippen LogP contribution >= 0.6 is 11.3 Å². The number of rotatable bonds is 7. The number of carbonyl (C=O) groups is 1. The predicted molar refractivity (Wildman–Crippen MR) is 100 cm³/mol. The van der Waals surface area contributed by atoms with Crippen LogP contribution in [0.4, 0.5) is 0 Å². The zero-order valence-corrected chi connectivity index (χ0v) is 15.9. The van der Waals surface area contributed by atoms with Gasteiger partial charge in [-0.15, -0.1) is 11.3 Å². The van der Waals surface area contributed by atoms with Crippen molar-refractivity contribution in [1.29, 1.82) is 0 Å². The zero-order chi connectivity index (χ0) is 18.4. The van der Waals surface area contributed by atoms with Crippen LogP contribution in [0.25, 0.3) is 10.6 Å². The molecule has 2 aromatic rings. The highest BCUT2D eigenvalue weighted by molar-refractivity contribution is 7.89. The molecule has 1 saturated heterocycles. The molecule has 1 aliphatic rings. The molecule has 0 spiro atoms. The Morgan fingerprint density at radius 3 is 2.69 bits per heavy atom. The molecule has 1 aliphatic heterocycles. The van der Waals surface area contributed by atoms with Crippen LogP contribution in [-0.4, -0.2) is 62.2 Å². The van der Waals surface area contributed by atoms with Gasteiger partial charge in [0, 0.05) is 30.6 Å². The van der Waals surface area contributed by atoms with Crippen LogP contribution in [0.15, 0.2) is 35.7 Å². The lowest BCUT2D eigenvalue weighted by Crippen LogP contribution is -2.43. The molecule has 0 saturated carbocycles. The molecule has 0 unspecified atom stereocenters. The first-order valence-corrected chi connectivity index (χ1v) is 10.9. The Balaban J connectivity index is 1.46. The van der Waals surface area contributed by atoms with Crippen molar-refractivity contribution in [3.63, 3.8) is 0 Å². The number of nitrogens with zero attached hydrogens (tertiary/aromatic N) is 2. The second-order valence-electron chi connectivity index (χ2n) is 5.86. The van der Waals surface area contributed by atoms with E-state index in [0.29, 0.717) is 32.0 Å². The highest BCUT2D eigenvalue weighted by atomic mass is 32.2. The molecule has 2 heterocycles. The maximum atomic E-state index is 12.2. The summed E-state index contributed by atoms with van der Waals surface area (Å²) in [4.78, 5) is 16.5. The molecule has 1 aromatic carbocycles. The lowest BCUT2D eigenvalue weighted by molar-refractivity contribution is -0.120. The molecule has 0 radical (unpaired) electrons. The fourth-order valence-corrected chi connectivity index (χ4v) is 4.75. The molecule has 7 nitrogen and oxygen atoms in total. The van der Waals surface area contributed by atoms with Crippen molar-refractivity contribution in [2.45, 2.75) is 6.42 Å². The number of carbonyl (C=O) groups excluding carboxylic acids is 1. The fraction of sp³-hybridized carbons (Fsp3) is 0.412. The smallest absolute Gasteiger partial charge is 0.226 e. The van der Waals surface area contributed by atoms with E-state index in [9.17, 15) is 13.2 Å². The molecule has 1 fully saturated rings. The second kappa shape index (κ2) is 8.72. The van der Waals surface area contributed by atoms with Crippen molar-refractivity contribution in [3.8, 4) is 10.6 Å². The molecule has 140 valence electrons. The van der Waals surface area contributed by atoms with Crippen LogP contribution in [0.2, 0.25) is 0 Å². The standard InChI is InChI=1S/C17H21N3O4S2/c21-16(18-6-11-26(22,23)20-7-9-24-10-8-20)12-15-13-25-17(19-15)14-4-2-1-3-5-14/h1-5,13H,6-12H2,(H,18,21). The van der Waals surface area contributed by atoms with Crippen molar-refractivity contribution in [2.75, 3.05) is 38.6 Å². The van der Waals surface area contributed by atoms with E-state index >= 15 is 0 Å². The summed E-state index contributed by atoms with van der Waals surface area (Å²) >= 11 is 1.49. The molecule has 3 rings (SSSR count). The predicted octanol–water partition coefficient (Wildman–Crippen LogP) is 1.13. The quantitative estimate of drug-likeness (QED) is 0.759. The largest absolute Gasteiger partial charge is 0.379 e. The molecule has 1 amide bonds. The van der Waals surface area contributed by atoms with Crippen molar-refractivity contribution in [1.82, 2.24) is 14.6 Å². The number of thiazole rings is 1. The van der Waals surface area contributed by atoms with E-state index in [1.165, 1.54) is 15.6 Å². The van der Waals surface area contributed by atoms with Gasteiger partial charge in [-0.1, -0.05) is 30.3 Å². The van der Waals surface area contributed by atoms with E-state index in [2.05, 4.69) is 10.3 Å². The highest BCUT2D eigenvalue weighted by Gasteiger charge is 2.24. The van der Waals surface area contributed by atoms with Crippen molar-refractivity contribution >= 4 is 27.3 Å². The third-order valence-corrected chi connectivity index (χ3v) is 6.77. The lowest BCUT2D eigenvalue weighted by atomic mass is 10.2. The Labute approximate surface area is 157 Å². The van der Waals surface area contributed by atoms with Gasteiger partial charge in [0.05, 0.1) is 31.1 Å². The Kier molecular flexibility index (Phi) is 6.36. The number of morpholine rings is 1. The summed E-state index contributed by atoms with van der Waals surface area (Å²) < 4.78 is 31.0. The number of benzene rings is 1. The van der Waals surface area contributed by atoms with Gasteiger partial charge >= 0.3 is 0 Å². The zero-order valence-electron chi connectivity index (χ0n) is 14.3. The minimum Gasteiger partial charge on any atom is -0.379 e. The lowest BCUT2D eigenvalue weighted by Gasteiger charge is -2.26. The molecule has 0 aliphatic carbocycles. The number of amides is 1. The summed E-state index contributed by atoms with van der Waals surface area (Å²) in [5.41, 5.74) is 1.70. The summed E-state index contributed by atoms with van der Waals surface area (Å²) in [5, 5.41) is 5.38. The van der Waals surface area contributed by atoms with Gasteiger partial charge in [0.2, 0.25) is 15.9 Å². The van der Waals surface area contributed by atoms with Crippen LogP contribution in [-0.2, 0) is 26.0 Å². The molecule has 1 aromatic heterocycles. The minimum atomic E-state index is -3.36. The van der Waals surface area contributed by atoms with E-state index in [1.54, 1.807) is 0 Å². The monoisotopic (exact) mass is 395 g/mol. The SMILES string of the molecule is O=C(Cc1csc(-c2ccccc2)n1)NCCS(=O)(=O)N1CCOCC1. The summed E-state index contributed by atoms with van der Waals surface area (Å²) in [7, 11) is -3.36. The summed E-state index contributed by atoms with van der Waals surface area (Å²) in [6.07, 6.45) is 0.140. The molecule has 1 N–H and O–H groups in total. The van der Waals surface area contributed by atoms with Gasteiger partial charge in [0.15, 0.2) is 0 Å². The van der Waals surface area contributed by atoms with Gasteiger partial charge in [-0.2, -0.15) is 4.31 Å². The Hall–Kier alpha value is -1.81. The second-order valence-corrected chi connectivity index (χ2v) is 8.81. The van der Waals surface area contributed by atoms with Gasteiger partial charge in [-0.3, -0.25) is 4.79 Å². The molecule has 0 bridgehead atoms. The van der Waals surface area contributed by atoms with Gasteiger partial charge in [-0.05, 0) is 0 Å². The molecule has 0 atom stereocenters. The fourth-order valence-electron chi connectivity index (χ4n) is 2.60. The first kappa shape index (κ1) is 19.0. The van der Waals surface area contributed by atoms with Crippen molar-refractivity contribution in [2.24, 2.45) is 0 Å². The topological polar surface area (TPSA) is 88.6 Å². The van der Waals surface area contributed by atoms with Crippen LogP contribution in [0.1, 0.15) is 5.69 Å². The van der Waals surface area contributed by atoms with Gasteiger partial charge in [0.25, 0.3) is 0 Å². The summed E-state index contributed by atoms with van der Waals surface area (Å²) in [6, 6.07) is 9.77.